The summed E-state index contributed by atoms with van der Waals surface area (Å²) in [5.41, 5.74) is 1.93. The number of nitriles is 1. The molecule has 0 aromatic heterocycles. The summed E-state index contributed by atoms with van der Waals surface area (Å²) < 4.78 is 0. The molecule has 2 rings (SSSR count). The summed E-state index contributed by atoms with van der Waals surface area (Å²) >= 11 is 0. The normalized spacial score (nSPS) is 18.3. The summed E-state index contributed by atoms with van der Waals surface area (Å²) in [4.78, 5) is 12.1. The Balaban J connectivity index is 2.28. The number of nitrogens with one attached hydrogen (secondary N) is 2. The summed E-state index contributed by atoms with van der Waals surface area (Å²) in [5.74, 6) is 0.417. The zero-order valence-corrected chi connectivity index (χ0v) is 10.7. The fourth-order valence-corrected chi connectivity index (χ4v) is 2.24. The van der Waals surface area contributed by atoms with E-state index in [1.165, 1.54) is 0 Å². The van der Waals surface area contributed by atoms with E-state index >= 15 is 0 Å². The number of fused-ring (bicyclic) bond motifs is 1. The third kappa shape index (κ3) is 2.45. The SMILES string of the molecule is CC(C)CC1CNc2cccc(C#N)c2NC1=O. The molecule has 1 aromatic carbocycles. The molecule has 18 heavy (non-hydrogen) atoms. The van der Waals surface area contributed by atoms with Gasteiger partial charge in [0.15, 0.2) is 0 Å². The van der Waals surface area contributed by atoms with E-state index in [1.54, 1.807) is 6.07 Å². The van der Waals surface area contributed by atoms with Gasteiger partial charge in [0.2, 0.25) is 5.91 Å². The highest BCUT2D eigenvalue weighted by atomic mass is 16.1. The largest absolute Gasteiger partial charge is 0.383 e. The molecule has 94 valence electrons. The van der Waals surface area contributed by atoms with E-state index in [2.05, 4.69) is 30.6 Å². The standard InChI is InChI=1S/C14H17N3O/c1-9(2)6-11-8-16-12-5-3-4-10(7-15)13(12)17-14(11)18/h3-5,9,11,16H,6,8H2,1-2H3,(H,17,18). The minimum Gasteiger partial charge on any atom is -0.383 e. The molecule has 1 aliphatic rings. The van der Waals surface area contributed by atoms with Crippen LogP contribution in [0.5, 0.6) is 0 Å². The van der Waals surface area contributed by atoms with Crippen molar-refractivity contribution in [1.82, 2.24) is 0 Å². The van der Waals surface area contributed by atoms with E-state index in [0.717, 1.165) is 12.1 Å². The van der Waals surface area contributed by atoms with Crippen LogP contribution in [0.4, 0.5) is 11.4 Å². The summed E-state index contributed by atoms with van der Waals surface area (Å²) in [6.07, 6.45) is 0.842. The zero-order chi connectivity index (χ0) is 13.1. The van der Waals surface area contributed by atoms with Gasteiger partial charge in [-0.25, -0.2) is 0 Å². The van der Waals surface area contributed by atoms with Crippen LogP contribution in [0.3, 0.4) is 0 Å². The third-order valence-corrected chi connectivity index (χ3v) is 3.10. The van der Waals surface area contributed by atoms with Crippen molar-refractivity contribution in [2.24, 2.45) is 11.8 Å². The minimum atomic E-state index is -0.0519. The summed E-state index contributed by atoms with van der Waals surface area (Å²) in [5, 5.41) is 15.2. The number of hydrogen-bond acceptors (Lipinski definition) is 3. The maximum atomic E-state index is 12.1. The van der Waals surface area contributed by atoms with Crippen molar-refractivity contribution in [3.8, 4) is 6.07 Å². The van der Waals surface area contributed by atoms with Crippen LogP contribution < -0.4 is 10.6 Å². The number of hydrogen-bond donors (Lipinski definition) is 2. The number of benzene rings is 1. The Hall–Kier alpha value is -2.02. The van der Waals surface area contributed by atoms with E-state index in [1.807, 2.05) is 12.1 Å². The van der Waals surface area contributed by atoms with Gasteiger partial charge in [-0.1, -0.05) is 19.9 Å². The quantitative estimate of drug-likeness (QED) is 0.839. The third-order valence-electron chi connectivity index (χ3n) is 3.10. The van der Waals surface area contributed by atoms with Crippen LogP contribution in [0, 0.1) is 23.2 Å². The predicted octanol–water partition coefficient (Wildman–Crippen LogP) is 2.58. The van der Waals surface area contributed by atoms with Crippen molar-refractivity contribution in [1.29, 1.82) is 5.26 Å². The lowest BCUT2D eigenvalue weighted by molar-refractivity contribution is -0.119. The van der Waals surface area contributed by atoms with Crippen molar-refractivity contribution in [2.75, 3.05) is 17.2 Å². The van der Waals surface area contributed by atoms with Gasteiger partial charge in [0.05, 0.1) is 22.9 Å². The number of nitrogens with zero attached hydrogens (tertiary/aromatic N) is 1. The average molecular weight is 243 g/mol. The minimum absolute atomic E-state index is 0.00218. The van der Waals surface area contributed by atoms with Crippen molar-refractivity contribution in [3.63, 3.8) is 0 Å². The Morgan fingerprint density at radius 3 is 2.94 bits per heavy atom. The first kappa shape index (κ1) is 12.4. The average Bonchev–Trinajstić information content (AvgIpc) is 2.49. The van der Waals surface area contributed by atoms with Crippen LogP contribution in [-0.2, 0) is 4.79 Å². The van der Waals surface area contributed by atoms with E-state index in [4.69, 9.17) is 5.26 Å². The molecule has 1 amide bonds. The van der Waals surface area contributed by atoms with Gasteiger partial charge >= 0.3 is 0 Å². The smallest absolute Gasteiger partial charge is 0.229 e. The molecule has 0 saturated heterocycles. The number of carbonyl (C=O) groups is 1. The monoisotopic (exact) mass is 243 g/mol. The molecule has 1 aromatic rings. The summed E-state index contributed by atoms with van der Waals surface area (Å²) in [6, 6.07) is 7.52. The first-order chi connectivity index (χ1) is 8.61. The topological polar surface area (TPSA) is 64.9 Å². The molecule has 4 heteroatoms. The zero-order valence-electron chi connectivity index (χ0n) is 10.7. The second-order valence-electron chi connectivity index (χ2n) is 5.04. The highest BCUT2D eigenvalue weighted by Crippen LogP contribution is 2.30. The van der Waals surface area contributed by atoms with Crippen LogP contribution in [0.1, 0.15) is 25.8 Å². The molecule has 0 fully saturated rings. The van der Waals surface area contributed by atoms with Crippen LogP contribution in [0.15, 0.2) is 18.2 Å². The lowest BCUT2D eigenvalue weighted by Crippen LogP contribution is -2.27. The van der Waals surface area contributed by atoms with Crippen LogP contribution in [-0.4, -0.2) is 12.5 Å². The second kappa shape index (κ2) is 5.09. The fraction of sp³-hybridized carbons (Fsp3) is 0.429. The van der Waals surface area contributed by atoms with Gasteiger partial charge in [0.1, 0.15) is 6.07 Å². The number of rotatable bonds is 2. The molecule has 1 unspecified atom stereocenters. The highest BCUT2D eigenvalue weighted by molar-refractivity contribution is 5.99. The van der Waals surface area contributed by atoms with Crippen molar-refractivity contribution < 1.29 is 4.79 Å². The maximum absolute atomic E-state index is 12.1. The number of para-hydroxylation sites is 1. The summed E-state index contributed by atoms with van der Waals surface area (Å²) in [7, 11) is 0. The molecular formula is C14H17N3O. The van der Waals surface area contributed by atoms with Gasteiger partial charge in [-0.3, -0.25) is 4.79 Å². The molecule has 0 aliphatic carbocycles. The summed E-state index contributed by atoms with van der Waals surface area (Å²) in [6.45, 7) is 4.82. The van der Waals surface area contributed by atoms with Gasteiger partial charge < -0.3 is 10.6 Å². The van der Waals surface area contributed by atoms with Gasteiger partial charge in [-0.2, -0.15) is 5.26 Å². The molecule has 0 radical (unpaired) electrons. The first-order valence-corrected chi connectivity index (χ1v) is 6.19. The first-order valence-electron chi connectivity index (χ1n) is 6.19. The van der Waals surface area contributed by atoms with E-state index in [-0.39, 0.29) is 11.8 Å². The van der Waals surface area contributed by atoms with Crippen LogP contribution >= 0.6 is 0 Å². The Labute approximate surface area is 107 Å². The lowest BCUT2D eigenvalue weighted by Gasteiger charge is -2.15. The predicted molar refractivity (Wildman–Crippen MR) is 71.2 cm³/mol. The molecule has 1 heterocycles. The van der Waals surface area contributed by atoms with E-state index < -0.39 is 0 Å². The Morgan fingerprint density at radius 1 is 1.50 bits per heavy atom. The fourth-order valence-electron chi connectivity index (χ4n) is 2.24. The maximum Gasteiger partial charge on any atom is 0.229 e. The Morgan fingerprint density at radius 2 is 2.28 bits per heavy atom. The molecule has 1 aliphatic heterocycles. The molecular weight excluding hydrogens is 226 g/mol. The lowest BCUT2D eigenvalue weighted by atomic mass is 9.96. The van der Waals surface area contributed by atoms with Gasteiger partial charge in [0, 0.05) is 6.54 Å². The molecule has 1 atom stereocenters. The van der Waals surface area contributed by atoms with E-state index in [9.17, 15) is 4.79 Å². The number of carbonyl (C=O) groups excluding carboxylic acids is 1. The van der Waals surface area contributed by atoms with Crippen LogP contribution in [0.25, 0.3) is 0 Å². The molecule has 4 nitrogen and oxygen atoms in total. The molecule has 0 saturated carbocycles. The molecule has 2 N–H and O–H groups in total. The Kier molecular flexibility index (Phi) is 3.52. The molecule has 0 spiro atoms. The number of amides is 1. The Bertz CT molecular complexity index is 502. The van der Waals surface area contributed by atoms with E-state index in [0.29, 0.717) is 23.7 Å². The number of anilines is 2. The van der Waals surface area contributed by atoms with Gasteiger partial charge in [-0.15, -0.1) is 0 Å². The molecule has 0 bridgehead atoms. The van der Waals surface area contributed by atoms with Crippen molar-refractivity contribution in [2.45, 2.75) is 20.3 Å². The van der Waals surface area contributed by atoms with Gasteiger partial charge in [-0.05, 0) is 24.5 Å². The van der Waals surface area contributed by atoms with Crippen molar-refractivity contribution in [3.05, 3.63) is 23.8 Å². The highest BCUT2D eigenvalue weighted by Gasteiger charge is 2.25. The van der Waals surface area contributed by atoms with Crippen LogP contribution in [0.2, 0.25) is 0 Å². The van der Waals surface area contributed by atoms with Crippen molar-refractivity contribution >= 4 is 17.3 Å². The second-order valence-corrected chi connectivity index (χ2v) is 5.04. The van der Waals surface area contributed by atoms with Gasteiger partial charge in [0.25, 0.3) is 0 Å².